The van der Waals surface area contributed by atoms with Gasteiger partial charge in [0.1, 0.15) is 5.82 Å². The zero-order chi connectivity index (χ0) is 18.8. The molecular formula is C22H24FN3O. The predicted molar refractivity (Wildman–Crippen MR) is 106 cm³/mol. The van der Waals surface area contributed by atoms with Crippen molar-refractivity contribution in [3.63, 3.8) is 0 Å². The Kier molecular flexibility index (Phi) is 4.94. The molecule has 1 saturated heterocycles. The Hall–Kier alpha value is -2.66. The standard InChI is InChI=1S/C22H24FN3O/c1-15-6-7-21(19(23)12-15)25-22(27)14-26-10-8-16(9-11-26)18-13-24-20-5-3-2-4-17(18)20/h2-7,12-13,16,24H,8-11,14H2,1H3,(H,25,27). The molecule has 0 aliphatic carbocycles. The average molecular weight is 365 g/mol. The number of likely N-dealkylation sites (tertiary alicyclic amines) is 1. The molecule has 0 atom stereocenters. The van der Waals surface area contributed by atoms with Crippen LogP contribution in [0.15, 0.2) is 48.7 Å². The second kappa shape index (κ2) is 7.53. The minimum atomic E-state index is -0.388. The van der Waals surface area contributed by atoms with Gasteiger partial charge >= 0.3 is 0 Å². The van der Waals surface area contributed by atoms with Crippen LogP contribution in [0.5, 0.6) is 0 Å². The van der Waals surface area contributed by atoms with Crippen LogP contribution in [0.1, 0.15) is 29.9 Å². The summed E-state index contributed by atoms with van der Waals surface area (Å²) < 4.78 is 13.9. The summed E-state index contributed by atoms with van der Waals surface area (Å²) in [7, 11) is 0. The van der Waals surface area contributed by atoms with E-state index in [0.29, 0.717) is 12.5 Å². The lowest BCUT2D eigenvalue weighted by Gasteiger charge is -2.31. The van der Waals surface area contributed by atoms with E-state index in [9.17, 15) is 9.18 Å². The molecule has 0 bridgehead atoms. The highest BCUT2D eigenvalue weighted by molar-refractivity contribution is 5.92. The molecule has 5 heteroatoms. The number of hydrogen-bond acceptors (Lipinski definition) is 2. The number of amides is 1. The van der Waals surface area contributed by atoms with Crippen molar-refractivity contribution in [3.8, 4) is 0 Å². The van der Waals surface area contributed by atoms with Gasteiger partial charge in [0.2, 0.25) is 5.91 Å². The van der Waals surface area contributed by atoms with Crippen molar-refractivity contribution in [2.75, 3.05) is 25.0 Å². The number of carbonyl (C=O) groups excluding carboxylic acids is 1. The summed E-state index contributed by atoms with van der Waals surface area (Å²) in [5.74, 6) is -0.0419. The quantitative estimate of drug-likeness (QED) is 0.718. The number of halogens is 1. The number of carbonyl (C=O) groups is 1. The molecule has 1 aliphatic rings. The van der Waals surface area contributed by atoms with Gasteiger partial charge < -0.3 is 10.3 Å². The SMILES string of the molecule is Cc1ccc(NC(=O)CN2CCC(c3c[nH]c4ccccc34)CC2)c(F)c1. The van der Waals surface area contributed by atoms with E-state index in [1.54, 1.807) is 12.1 Å². The molecule has 4 rings (SSSR count). The number of aryl methyl sites for hydroxylation is 1. The number of fused-ring (bicyclic) bond motifs is 1. The first-order valence-electron chi connectivity index (χ1n) is 9.44. The van der Waals surface area contributed by atoms with Gasteiger partial charge in [-0.25, -0.2) is 4.39 Å². The van der Waals surface area contributed by atoms with Gasteiger partial charge in [-0.1, -0.05) is 24.3 Å². The van der Waals surface area contributed by atoms with Crippen molar-refractivity contribution in [2.24, 2.45) is 0 Å². The molecule has 1 fully saturated rings. The predicted octanol–water partition coefficient (Wildman–Crippen LogP) is 4.43. The van der Waals surface area contributed by atoms with Crippen molar-refractivity contribution in [2.45, 2.75) is 25.7 Å². The van der Waals surface area contributed by atoms with E-state index in [2.05, 4.69) is 39.6 Å². The Balaban J connectivity index is 1.33. The number of hydrogen-bond donors (Lipinski definition) is 2. The molecule has 0 unspecified atom stereocenters. The number of nitrogens with one attached hydrogen (secondary N) is 2. The number of anilines is 1. The fourth-order valence-corrected chi connectivity index (χ4v) is 3.95. The number of benzene rings is 2. The largest absolute Gasteiger partial charge is 0.361 e. The third-order valence-corrected chi connectivity index (χ3v) is 5.41. The number of para-hydroxylation sites is 1. The van der Waals surface area contributed by atoms with E-state index < -0.39 is 0 Å². The Morgan fingerprint density at radius 1 is 1.22 bits per heavy atom. The monoisotopic (exact) mass is 365 g/mol. The summed E-state index contributed by atoms with van der Waals surface area (Å²) in [4.78, 5) is 17.8. The number of nitrogens with zero attached hydrogens (tertiary/aromatic N) is 1. The smallest absolute Gasteiger partial charge is 0.238 e. The highest BCUT2D eigenvalue weighted by Crippen LogP contribution is 2.33. The summed E-state index contributed by atoms with van der Waals surface area (Å²) in [6.07, 6.45) is 4.17. The number of piperidine rings is 1. The topological polar surface area (TPSA) is 48.1 Å². The van der Waals surface area contributed by atoms with Crippen molar-refractivity contribution < 1.29 is 9.18 Å². The minimum Gasteiger partial charge on any atom is -0.361 e. The average Bonchev–Trinajstić information content (AvgIpc) is 3.09. The van der Waals surface area contributed by atoms with E-state index in [0.717, 1.165) is 31.5 Å². The van der Waals surface area contributed by atoms with Gasteiger partial charge in [0.15, 0.2) is 0 Å². The van der Waals surface area contributed by atoms with Crippen molar-refractivity contribution in [1.29, 1.82) is 0 Å². The Morgan fingerprint density at radius 2 is 2.00 bits per heavy atom. The van der Waals surface area contributed by atoms with Gasteiger partial charge in [0, 0.05) is 17.1 Å². The van der Waals surface area contributed by atoms with Gasteiger partial charge in [-0.2, -0.15) is 0 Å². The molecular weight excluding hydrogens is 341 g/mol. The zero-order valence-electron chi connectivity index (χ0n) is 15.5. The molecule has 1 amide bonds. The van der Waals surface area contributed by atoms with Gasteiger partial charge in [0.25, 0.3) is 0 Å². The lowest BCUT2D eigenvalue weighted by atomic mass is 9.89. The number of rotatable bonds is 4. The third-order valence-electron chi connectivity index (χ3n) is 5.41. The van der Waals surface area contributed by atoms with Crippen LogP contribution in [0.25, 0.3) is 10.9 Å². The number of H-pyrrole nitrogens is 1. The Morgan fingerprint density at radius 3 is 2.78 bits per heavy atom. The summed E-state index contributed by atoms with van der Waals surface area (Å²) in [6.45, 7) is 3.86. The summed E-state index contributed by atoms with van der Waals surface area (Å²) in [5, 5.41) is 3.98. The molecule has 0 saturated carbocycles. The molecule has 27 heavy (non-hydrogen) atoms. The lowest BCUT2D eigenvalue weighted by molar-refractivity contribution is -0.117. The first-order valence-corrected chi connectivity index (χ1v) is 9.44. The van der Waals surface area contributed by atoms with E-state index in [1.165, 1.54) is 22.5 Å². The summed E-state index contributed by atoms with van der Waals surface area (Å²) in [5.41, 5.74) is 3.63. The first kappa shape index (κ1) is 17.7. The van der Waals surface area contributed by atoms with Crippen LogP contribution in [0.4, 0.5) is 10.1 Å². The molecule has 0 spiro atoms. The van der Waals surface area contributed by atoms with E-state index >= 15 is 0 Å². The van der Waals surface area contributed by atoms with Gasteiger partial charge in [-0.15, -0.1) is 0 Å². The zero-order valence-corrected chi connectivity index (χ0v) is 15.5. The summed E-state index contributed by atoms with van der Waals surface area (Å²) in [6, 6.07) is 13.2. The highest BCUT2D eigenvalue weighted by Gasteiger charge is 2.24. The molecule has 2 aromatic carbocycles. The normalized spacial score (nSPS) is 15.9. The Labute approximate surface area is 158 Å². The van der Waals surface area contributed by atoms with E-state index in [-0.39, 0.29) is 17.4 Å². The molecule has 3 aromatic rings. The Bertz CT molecular complexity index is 957. The molecule has 2 N–H and O–H groups in total. The molecule has 140 valence electrons. The van der Waals surface area contributed by atoms with Crippen molar-refractivity contribution >= 4 is 22.5 Å². The van der Waals surface area contributed by atoms with E-state index in [1.807, 2.05) is 13.0 Å². The van der Waals surface area contributed by atoms with Crippen LogP contribution < -0.4 is 5.32 Å². The van der Waals surface area contributed by atoms with Crippen LogP contribution in [0.2, 0.25) is 0 Å². The highest BCUT2D eigenvalue weighted by atomic mass is 19.1. The molecule has 2 heterocycles. The maximum Gasteiger partial charge on any atom is 0.238 e. The number of aromatic amines is 1. The van der Waals surface area contributed by atoms with Crippen molar-refractivity contribution in [3.05, 3.63) is 65.6 Å². The van der Waals surface area contributed by atoms with E-state index in [4.69, 9.17) is 0 Å². The van der Waals surface area contributed by atoms with Gasteiger partial charge in [0.05, 0.1) is 12.2 Å². The van der Waals surface area contributed by atoms with Crippen LogP contribution in [-0.2, 0) is 4.79 Å². The molecule has 1 aromatic heterocycles. The van der Waals surface area contributed by atoms with Crippen LogP contribution in [0, 0.1) is 12.7 Å². The molecule has 1 aliphatic heterocycles. The second-order valence-corrected chi connectivity index (χ2v) is 7.37. The third kappa shape index (κ3) is 3.88. The fourth-order valence-electron chi connectivity index (χ4n) is 3.95. The fraction of sp³-hybridized carbons (Fsp3) is 0.318. The van der Waals surface area contributed by atoms with Crippen LogP contribution in [-0.4, -0.2) is 35.4 Å². The number of aromatic nitrogens is 1. The lowest BCUT2D eigenvalue weighted by Crippen LogP contribution is -2.38. The van der Waals surface area contributed by atoms with Crippen molar-refractivity contribution in [1.82, 2.24) is 9.88 Å². The van der Waals surface area contributed by atoms with Crippen LogP contribution in [0.3, 0.4) is 0 Å². The van der Waals surface area contributed by atoms with Crippen LogP contribution >= 0.6 is 0 Å². The van der Waals surface area contributed by atoms with Gasteiger partial charge in [-0.05, 0) is 68.1 Å². The summed E-state index contributed by atoms with van der Waals surface area (Å²) >= 11 is 0. The maximum absolute atomic E-state index is 13.9. The maximum atomic E-state index is 13.9. The molecule has 0 radical (unpaired) electrons. The minimum absolute atomic E-state index is 0.164. The first-order chi connectivity index (χ1) is 13.1. The van der Waals surface area contributed by atoms with Gasteiger partial charge in [-0.3, -0.25) is 9.69 Å². The second-order valence-electron chi connectivity index (χ2n) is 7.37. The molecule has 4 nitrogen and oxygen atoms in total.